The number of rotatable bonds is 5. The second kappa shape index (κ2) is 8.40. The van der Waals surface area contributed by atoms with Crippen molar-refractivity contribution in [2.24, 2.45) is 5.92 Å². The zero-order valence-electron chi connectivity index (χ0n) is 13.3. The first-order valence-electron chi connectivity index (χ1n) is 8.57. The van der Waals surface area contributed by atoms with Crippen molar-refractivity contribution in [1.29, 1.82) is 0 Å². The molecule has 0 heterocycles. The Bertz CT molecular complexity index is 342. The van der Waals surface area contributed by atoms with E-state index in [-0.39, 0.29) is 24.5 Å². The van der Waals surface area contributed by atoms with E-state index in [1.165, 1.54) is 58.5 Å². The molecule has 4 heteroatoms. The first-order valence-corrected chi connectivity index (χ1v) is 8.57. The van der Waals surface area contributed by atoms with Crippen molar-refractivity contribution in [3.63, 3.8) is 0 Å². The maximum atomic E-state index is 12.7. The Hall–Kier alpha value is -1.06. The molecular weight excluding hydrogens is 266 g/mol. The van der Waals surface area contributed by atoms with Gasteiger partial charge in [-0.3, -0.25) is 9.59 Å². The summed E-state index contributed by atoms with van der Waals surface area (Å²) in [5, 5.41) is 0. The minimum absolute atomic E-state index is 0.132. The number of esters is 1. The Morgan fingerprint density at radius 3 is 2.10 bits per heavy atom. The molecule has 0 atom stereocenters. The first kappa shape index (κ1) is 16.3. The molecule has 0 saturated heterocycles. The average molecular weight is 295 g/mol. The summed E-state index contributed by atoms with van der Waals surface area (Å²) in [5.74, 6) is 0.386. The van der Waals surface area contributed by atoms with Gasteiger partial charge in [-0.25, -0.2) is 0 Å². The maximum absolute atomic E-state index is 12.7. The predicted octanol–water partition coefficient (Wildman–Crippen LogP) is 3.29. The van der Waals surface area contributed by atoms with Crippen molar-refractivity contribution in [2.75, 3.05) is 13.7 Å². The van der Waals surface area contributed by atoms with Gasteiger partial charge in [0.25, 0.3) is 0 Å². The summed E-state index contributed by atoms with van der Waals surface area (Å²) in [6, 6.07) is 0.252. The number of carbonyl (C=O) groups excluding carboxylic acids is 2. The molecule has 0 radical (unpaired) electrons. The Morgan fingerprint density at radius 2 is 1.52 bits per heavy atom. The third kappa shape index (κ3) is 5.01. The first-order chi connectivity index (χ1) is 10.2. The van der Waals surface area contributed by atoms with Crippen LogP contribution in [0, 0.1) is 5.92 Å². The number of methoxy groups -OCH3 is 1. The zero-order chi connectivity index (χ0) is 15.1. The standard InChI is InChI=1S/C17H29NO3/c1-21-17(20)13-18(15-10-6-7-11-15)16(19)12-14-8-4-2-3-5-9-14/h14-15H,2-13H2,1H3. The molecule has 0 N–H and O–H groups in total. The molecule has 0 bridgehead atoms. The van der Waals surface area contributed by atoms with Gasteiger partial charge in [-0.1, -0.05) is 38.5 Å². The Balaban J connectivity index is 1.93. The summed E-state index contributed by atoms with van der Waals surface area (Å²) in [6.45, 7) is 0.132. The van der Waals surface area contributed by atoms with Crippen LogP contribution in [0.5, 0.6) is 0 Å². The molecule has 0 unspecified atom stereocenters. The smallest absolute Gasteiger partial charge is 0.325 e. The number of hydrogen-bond donors (Lipinski definition) is 0. The second-order valence-electron chi connectivity index (χ2n) is 6.60. The Kier molecular flexibility index (Phi) is 6.52. The lowest BCUT2D eigenvalue weighted by atomic mass is 9.95. The van der Waals surface area contributed by atoms with Crippen molar-refractivity contribution in [2.45, 2.75) is 76.7 Å². The topological polar surface area (TPSA) is 46.6 Å². The number of ether oxygens (including phenoxy) is 1. The number of carbonyl (C=O) groups is 2. The molecule has 4 nitrogen and oxygen atoms in total. The third-order valence-corrected chi connectivity index (χ3v) is 5.05. The summed E-state index contributed by atoms with van der Waals surface area (Å²) in [6.07, 6.45) is 12.5. The largest absolute Gasteiger partial charge is 0.468 e. The van der Waals surface area contributed by atoms with Gasteiger partial charge in [0.15, 0.2) is 0 Å². The quantitative estimate of drug-likeness (QED) is 0.577. The fourth-order valence-corrected chi connectivity index (χ4v) is 3.77. The van der Waals surface area contributed by atoms with Crippen molar-refractivity contribution >= 4 is 11.9 Å². The van der Waals surface area contributed by atoms with Gasteiger partial charge in [0.05, 0.1) is 7.11 Å². The van der Waals surface area contributed by atoms with Crippen LogP contribution in [0.1, 0.15) is 70.6 Å². The fraction of sp³-hybridized carbons (Fsp3) is 0.882. The van der Waals surface area contributed by atoms with Gasteiger partial charge in [0, 0.05) is 12.5 Å². The lowest BCUT2D eigenvalue weighted by Gasteiger charge is -2.29. The van der Waals surface area contributed by atoms with Crippen LogP contribution in [0.15, 0.2) is 0 Å². The van der Waals surface area contributed by atoms with E-state index in [4.69, 9.17) is 4.74 Å². The summed E-state index contributed by atoms with van der Waals surface area (Å²) in [7, 11) is 1.39. The van der Waals surface area contributed by atoms with Crippen molar-refractivity contribution < 1.29 is 14.3 Å². The van der Waals surface area contributed by atoms with Crippen LogP contribution in [-0.2, 0) is 14.3 Å². The Morgan fingerprint density at radius 1 is 0.952 bits per heavy atom. The van der Waals surface area contributed by atoms with Crippen LogP contribution in [-0.4, -0.2) is 36.5 Å². The van der Waals surface area contributed by atoms with Gasteiger partial charge in [0.1, 0.15) is 6.54 Å². The van der Waals surface area contributed by atoms with Crippen LogP contribution in [0.2, 0.25) is 0 Å². The van der Waals surface area contributed by atoms with Gasteiger partial charge in [-0.2, -0.15) is 0 Å². The minimum atomic E-state index is -0.295. The average Bonchev–Trinajstić information content (AvgIpc) is 2.89. The molecule has 1 amide bonds. The second-order valence-corrected chi connectivity index (χ2v) is 6.60. The number of nitrogens with zero attached hydrogens (tertiary/aromatic N) is 1. The van der Waals surface area contributed by atoms with E-state index in [0.717, 1.165) is 12.8 Å². The lowest BCUT2D eigenvalue weighted by molar-refractivity contribution is -0.149. The van der Waals surface area contributed by atoms with E-state index in [1.807, 2.05) is 4.90 Å². The van der Waals surface area contributed by atoms with Crippen LogP contribution < -0.4 is 0 Å². The van der Waals surface area contributed by atoms with E-state index < -0.39 is 0 Å². The van der Waals surface area contributed by atoms with Gasteiger partial charge in [0.2, 0.25) is 5.91 Å². The summed E-state index contributed by atoms with van der Waals surface area (Å²) in [4.78, 5) is 26.1. The highest BCUT2D eigenvalue weighted by Crippen LogP contribution is 2.28. The molecule has 2 aliphatic rings. The van der Waals surface area contributed by atoms with E-state index >= 15 is 0 Å². The van der Waals surface area contributed by atoms with Gasteiger partial charge >= 0.3 is 5.97 Å². The zero-order valence-corrected chi connectivity index (χ0v) is 13.3. The van der Waals surface area contributed by atoms with E-state index in [2.05, 4.69) is 0 Å². The molecule has 0 spiro atoms. The van der Waals surface area contributed by atoms with Crippen molar-refractivity contribution in [3.8, 4) is 0 Å². The van der Waals surface area contributed by atoms with E-state index in [1.54, 1.807) is 0 Å². The summed E-state index contributed by atoms with van der Waals surface area (Å²) < 4.78 is 4.77. The third-order valence-electron chi connectivity index (χ3n) is 5.05. The highest BCUT2D eigenvalue weighted by molar-refractivity contribution is 5.82. The molecule has 2 aliphatic carbocycles. The van der Waals surface area contributed by atoms with Gasteiger partial charge in [-0.05, 0) is 31.6 Å². The summed E-state index contributed by atoms with van der Waals surface area (Å²) >= 11 is 0. The molecule has 0 aromatic carbocycles. The number of hydrogen-bond acceptors (Lipinski definition) is 3. The van der Waals surface area contributed by atoms with Crippen LogP contribution >= 0.6 is 0 Å². The van der Waals surface area contributed by atoms with Crippen molar-refractivity contribution in [1.82, 2.24) is 4.90 Å². The van der Waals surface area contributed by atoms with Crippen LogP contribution in [0.4, 0.5) is 0 Å². The monoisotopic (exact) mass is 295 g/mol. The predicted molar refractivity (Wildman–Crippen MR) is 81.8 cm³/mol. The highest BCUT2D eigenvalue weighted by Gasteiger charge is 2.30. The molecule has 2 fully saturated rings. The lowest BCUT2D eigenvalue weighted by Crippen LogP contribution is -2.43. The van der Waals surface area contributed by atoms with E-state index in [9.17, 15) is 9.59 Å². The minimum Gasteiger partial charge on any atom is -0.468 e. The molecular formula is C17H29NO3. The maximum Gasteiger partial charge on any atom is 0.325 e. The van der Waals surface area contributed by atoms with Crippen LogP contribution in [0.25, 0.3) is 0 Å². The molecule has 0 aromatic rings. The molecule has 120 valence electrons. The fourth-order valence-electron chi connectivity index (χ4n) is 3.77. The molecule has 2 rings (SSSR count). The molecule has 0 aromatic heterocycles. The van der Waals surface area contributed by atoms with Crippen LogP contribution in [0.3, 0.4) is 0 Å². The molecule has 0 aliphatic heterocycles. The molecule has 2 saturated carbocycles. The van der Waals surface area contributed by atoms with Gasteiger partial charge < -0.3 is 9.64 Å². The molecule has 21 heavy (non-hydrogen) atoms. The van der Waals surface area contributed by atoms with E-state index in [0.29, 0.717) is 12.3 Å². The SMILES string of the molecule is COC(=O)CN(C(=O)CC1CCCCCC1)C1CCCC1. The van der Waals surface area contributed by atoms with Crippen molar-refractivity contribution in [3.05, 3.63) is 0 Å². The Labute approximate surface area is 128 Å². The highest BCUT2D eigenvalue weighted by atomic mass is 16.5. The normalized spacial score (nSPS) is 21.0. The summed E-state index contributed by atoms with van der Waals surface area (Å²) in [5.41, 5.74) is 0. The number of amides is 1. The van der Waals surface area contributed by atoms with Gasteiger partial charge in [-0.15, -0.1) is 0 Å².